The molecule has 0 aliphatic carbocycles. The normalized spacial score (nSPS) is 8.61. The maximum absolute atomic E-state index is 6.00. The molecular weight excluding hydrogens is 914 g/mol. The van der Waals surface area contributed by atoms with E-state index in [0.717, 1.165) is 62.8 Å². The summed E-state index contributed by atoms with van der Waals surface area (Å²) in [5.74, 6) is 3.13. The van der Waals surface area contributed by atoms with E-state index < -0.39 is 0 Å². The van der Waals surface area contributed by atoms with E-state index in [0.29, 0.717) is 32.8 Å². The number of hydrogen-bond acceptors (Lipinski definition) is 4. The smallest absolute Gasteiger partial charge is 0.161 e. The molecule has 0 aliphatic heterocycles. The van der Waals surface area contributed by atoms with Crippen molar-refractivity contribution in [1.29, 1.82) is 0 Å². The minimum Gasteiger partial charge on any atom is -0.489 e. The van der Waals surface area contributed by atoms with Gasteiger partial charge in [0.25, 0.3) is 0 Å². The molecule has 6 aromatic rings. The van der Waals surface area contributed by atoms with Crippen LogP contribution in [0, 0.1) is 13.8 Å². The Balaban J connectivity index is -0.000000426. The van der Waals surface area contributed by atoms with Crippen LogP contribution in [0.25, 0.3) is 0 Å². The van der Waals surface area contributed by atoms with E-state index >= 15 is 0 Å². The third kappa shape index (κ3) is 29.2. The molecule has 0 atom stereocenters. The summed E-state index contributed by atoms with van der Waals surface area (Å²) in [4.78, 5) is 0. The molecule has 2 radical (unpaired) electrons. The zero-order chi connectivity index (χ0) is 45.2. The average Bonchev–Trinajstić information content (AvgIpc) is 3.36. The Bertz CT molecular complexity index is 1720. The maximum Gasteiger partial charge on any atom is 0.161 e. The zero-order valence-electron chi connectivity index (χ0n) is 40.5. The summed E-state index contributed by atoms with van der Waals surface area (Å²) >= 11 is 0. The fourth-order valence-corrected chi connectivity index (χ4v) is 4.83. The van der Waals surface area contributed by atoms with Gasteiger partial charge in [0.15, 0.2) is 11.5 Å². The Morgan fingerprint density at radius 2 is 0.581 bits per heavy atom. The standard InChI is InChI=1S/2C22H21O2.6C2H6.2Y/c1-2-18-13-21(23-16-19-9-5-3-6-10-19)15-22(14-18)24-17-20-11-7-4-8-12-20;1-2-18-13-14-21(23-16-19-9-5-3-6-10-19)22(15-18)24-17-20-11-7-4-8-12-20;6*1-2;;/h2*3-15H,1-2,16-17H2;6*1-2H3;;/q2*-1;;;;;;;;. The van der Waals surface area contributed by atoms with E-state index in [9.17, 15) is 0 Å². The number of benzene rings is 6. The van der Waals surface area contributed by atoms with E-state index in [1.807, 2.05) is 192 Å². The minimum atomic E-state index is 0. The SMILES string of the molecule is CC.CC.CC.CC.CC.CC.[CH2-]Cc1cc(OCc2ccccc2)cc(OCc2ccccc2)c1.[CH2-]Cc1ccc(OCc2ccccc2)c(OCc2ccccc2)c1.[Y].[Y]. The molecule has 334 valence electrons. The van der Waals surface area contributed by atoms with Crippen molar-refractivity contribution in [2.45, 2.75) is 122 Å². The van der Waals surface area contributed by atoms with E-state index in [2.05, 4.69) is 62.4 Å². The van der Waals surface area contributed by atoms with Crippen molar-refractivity contribution in [2.75, 3.05) is 0 Å². The van der Waals surface area contributed by atoms with Gasteiger partial charge in [0.1, 0.15) is 37.9 Å². The van der Waals surface area contributed by atoms with Crippen LogP contribution < -0.4 is 18.9 Å². The second-order valence-corrected chi connectivity index (χ2v) is 11.2. The summed E-state index contributed by atoms with van der Waals surface area (Å²) in [6.45, 7) is 34.0. The van der Waals surface area contributed by atoms with Crippen molar-refractivity contribution in [1.82, 2.24) is 0 Å². The summed E-state index contributed by atoms with van der Waals surface area (Å²) in [5, 5.41) is 0. The maximum atomic E-state index is 6.00. The molecule has 0 aliphatic rings. The first kappa shape index (κ1) is 65.3. The average molecular weight is 993 g/mol. The molecule has 0 saturated carbocycles. The molecule has 0 N–H and O–H groups in total. The predicted octanol–water partition coefficient (Wildman–Crippen LogP) is 16.6. The quantitative estimate of drug-likeness (QED) is 0.102. The Labute approximate surface area is 430 Å². The van der Waals surface area contributed by atoms with Gasteiger partial charge >= 0.3 is 0 Å². The Hall–Kier alpha value is -3.27. The Morgan fingerprint density at radius 3 is 0.887 bits per heavy atom. The van der Waals surface area contributed by atoms with Gasteiger partial charge in [0.05, 0.1) is 0 Å². The molecule has 6 heteroatoms. The van der Waals surface area contributed by atoms with Gasteiger partial charge in [0.2, 0.25) is 0 Å². The van der Waals surface area contributed by atoms with Gasteiger partial charge < -0.3 is 32.8 Å². The largest absolute Gasteiger partial charge is 0.489 e. The van der Waals surface area contributed by atoms with E-state index in [4.69, 9.17) is 18.9 Å². The first-order valence-electron chi connectivity index (χ1n) is 22.2. The number of hydrogen-bond donors (Lipinski definition) is 0. The molecular formula is C56H78O4Y2-2. The summed E-state index contributed by atoms with van der Waals surface area (Å²) < 4.78 is 23.8. The van der Waals surface area contributed by atoms with Crippen LogP contribution in [-0.2, 0) is 105 Å². The van der Waals surface area contributed by atoms with Gasteiger partial charge in [-0.1, -0.05) is 222 Å². The fraction of sp³-hybridized carbons (Fsp3) is 0.321. The van der Waals surface area contributed by atoms with Crippen LogP contribution in [0.3, 0.4) is 0 Å². The molecule has 0 heterocycles. The minimum absolute atomic E-state index is 0. The first-order valence-corrected chi connectivity index (χ1v) is 22.2. The van der Waals surface area contributed by atoms with Crippen LogP contribution >= 0.6 is 0 Å². The molecule has 6 aromatic carbocycles. The van der Waals surface area contributed by atoms with Crippen LogP contribution in [0.4, 0.5) is 0 Å². The molecule has 62 heavy (non-hydrogen) atoms. The monoisotopic (exact) mass is 992 g/mol. The van der Waals surface area contributed by atoms with Crippen LogP contribution in [0.15, 0.2) is 158 Å². The van der Waals surface area contributed by atoms with Crippen LogP contribution in [0.1, 0.15) is 116 Å². The summed E-state index contributed by atoms with van der Waals surface area (Å²) in [6, 6.07) is 52.5. The first-order chi connectivity index (χ1) is 29.7. The Kier molecular flexibility index (Phi) is 49.8. The molecule has 0 unspecified atom stereocenters. The molecule has 0 aromatic heterocycles. The molecule has 0 fully saturated rings. The number of rotatable bonds is 14. The zero-order valence-corrected chi connectivity index (χ0v) is 46.1. The van der Waals surface area contributed by atoms with Gasteiger partial charge in [0, 0.05) is 71.5 Å². The molecule has 6 rings (SSSR count). The van der Waals surface area contributed by atoms with Crippen molar-refractivity contribution < 1.29 is 84.4 Å². The summed E-state index contributed by atoms with van der Waals surface area (Å²) in [7, 11) is 0. The molecule has 0 bridgehead atoms. The van der Waals surface area contributed by atoms with Gasteiger partial charge in [-0.15, -0.1) is 0 Å². The second-order valence-electron chi connectivity index (χ2n) is 11.2. The topological polar surface area (TPSA) is 36.9 Å². The second kappa shape index (κ2) is 47.2. The third-order valence-corrected chi connectivity index (χ3v) is 7.50. The van der Waals surface area contributed by atoms with Crippen molar-refractivity contribution in [2.24, 2.45) is 0 Å². The molecule has 0 spiro atoms. The number of ether oxygens (including phenoxy) is 4. The van der Waals surface area contributed by atoms with Crippen molar-refractivity contribution >= 4 is 0 Å². The van der Waals surface area contributed by atoms with Gasteiger partial charge in [-0.05, 0) is 46.5 Å². The fourth-order valence-electron chi connectivity index (χ4n) is 4.83. The van der Waals surface area contributed by atoms with Crippen LogP contribution in [0.2, 0.25) is 0 Å². The predicted molar refractivity (Wildman–Crippen MR) is 262 cm³/mol. The van der Waals surface area contributed by atoms with Crippen molar-refractivity contribution in [3.05, 3.63) is 205 Å². The van der Waals surface area contributed by atoms with Crippen molar-refractivity contribution in [3.63, 3.8) is 0 Å². The van der Waals surface area contributed by atoms with Gasteiger partial charge in [-0.3, -0.25) is 0 Å². The molecule has 0 saturated heterocycles. The molecule has 0 amide bonds. The van der Waals surface area contributed by atoms with Crippen LogP contribution in [0.5, 0.6) is 23.0 Å². The summed E-state index contributed by atoms with van der Waals surface area (Å²) in [5.41, 5.74) is 6.78. The van der Waals surface area contributed by atoms with E-state index in [-0.39, 0.29) is 65.4 Å². The van der Waals surface area contributed by atoms with Crippen molar-refractivity contribution in [3.8, 4) is 23.0 Å². The third-order valence-electron chi connectivity index (χ3n) is 7.50. The van der Waals surface area contributed by atoms with Gasteiger partial charge in [-0.25, -0.2) is 0 Å². The van der Waals surface area contributed by atoms with E-state index in [1.165, 1.54) is 0 Å². The van der Waals surface area contributed by atoms with Crippen LogP contribution in [-0.4, -0.2) is 0 Å². The molecule has 4 nitrogen and oxygen atoms in total. The van der Waals surface area contributed by atoms with Gasteiger partial charge in [-0.2, -0.15) is 12.8 Å². The summed E-state index contributed by atoms with van der Waals surface area (Å²) in [6.07, 6.45) is 1.42. The van der Waals surface area contributed by atoms with E-state index in [1.54, 1.807) is 0 Å². The Morgan fingerprint density at radius 1 is 0.290 bits per heavy atom.